The quantitative estimate of drug-likeness (QED) is 0.487. The van der Waals surface area contributed by atoms with Crippen molar-refractivity contribution < 1.29 is 14.3 Å². The topological polar surface area (TPSA) is 66.0 Å². The summed E-state index contributed by atoms with van der Waals surface area (Å²) in [4.78, 5) is 34.5. The van der Waals surface area contributed by atoms with Crippen LogP contribution in [0.2, 0.25) is 0 Å². The van der Waals surface area contributed by atoms with Crippen LogP contribution in [0.25, 0.3) is 0 Å². The number of carbonyl (C=O) groups is 2. The number of carbonyl (C=O) groups excluding carboxylic acids is 2. The van der Waals surface area contributed by atoms with Crippen LogP contribution in [0.4, 0.5) is 5.82 Å². The van der Waals surface area contributed by atoms with E-state index in [4.69, 9.17) is 4.74 Å². The third kappa shape index (κ3) is 6.51. The zero-order valence-corrected chi connectivity index (χ0v) is 17.8. The van der Waals surface area contributed by atoms with E-state index >= 15 is 0 Å². The molecule has 0 aromatic carbocycles. The largest absolute Gasteiger partial charge is 0.465 e. The number of nitrogens with zero attached hydrogens (tertiary/aromatic N) is 4. The van der Waals surface area contributed by atoms with Gasteiger partial charge in [-0.25, -0.2) is 4.98 Å². The number of ketones is 1. The van der Waals surface area contributed by atoms with E-state index in [1.807, 2.05) is 19.1 Å². The van der Waals surface area contributed by atoms with Crippen molar-refractivity contribution >= 4 is 17.6 Å². The van der Waals surface area contributed by atoms with Crippen LogP contribution in [0.3, 0.4) is 0 Å². The molecular weight excluding hydrogens is 368 g/mol. The fourth-order valence-electron chi connectivity index (χ4n) is 4.16. The van der Waals surface area contributed by atoms with Crippen LogP contribution in [-0.2, 0) is 9.53 Å². The summed E-state index contributed by atoms with van der Waals surface area (Å²) in [5.74, 6) is 1.69. The number of aromatic nitrogens is 1. The molecule has 1 aromatic heterocycles. The van der Waals surface area contributed by atoms with Crippen LogP contribution in [0.1, 0.15) is 43.5 Å². The second-order valence-corrected chi connectivity index (χ2v) is 8.10. The molecule has 2 saturated heterocycles. The van der Waals surface area contributed by atoms with E-state index < -0.39 is 0 Å². The van der Waals surface area contributed by atoms with Gasteiger partial charge in [-0.3, -0.25) is 14.5 Å². The van der Waals surface area contributed by atoms with E-state index in [1.54, 1.807) is 13.1 Å². The van der Waals surface area contributed by atoms with Crippen LogP contribution in [0, 0.1) is 5.92 Å². The predicted molar refractivity (Wildman–Crippen MR) is 113 cm³/mol. The first-order chi connectivity index (χ1) is 14.0. The number of ether oxygens (including phenoxy) is 1. The average molecular weight is 403 g/mol. The number of rotatable bonds is 8. The Morgan fingerprint density at radius 3 is 2.34 bits per heavy atom. The number of esters is 1. The molecule has 0 spiro atoms. The van der Waals surface area contributed by atoms with E-state index in [-0.39, 0.29) is 11.8 Å². The lowest BCUT2D eigenvalue weighted by Crippen LogP contribution is -2.48. The average Bonchev–Trinajstić information content (AvgIpc) is 2.74. The number of hydrogen-bond donors (Lipinski definition) is 0. The molecule has 0 bridgehead atoms. The second-order valence-electron chi connectivity index (χ2n) is 8.10. The zero-order chi connectivity index (χ0) is 20.6. The summed E-state index contributed by atoms with van der Waals surface area (Å²) in [6, 6.07) is 3.84. The highest BCUT2D eigenvalue weighted by Crippen LogP contribution is 2.24. The first-order valence-electron chi connectivity index (χ1n) is 10.9. The summed E-state index contributed by atoms with van der Waals surface area (Å²) in [5.41, 5.74) is 0.672. The summed E-state index contributed by atoms with van der Waals surface area (Å²) >= 11 is 0. The van der Waals surface area contributed by atoms with Crippen LogP contribution >= 0.6 is 0 Å². The Balaban J connectivity index is 1.33. The van der Waals surface area contributed by atoms with Crippen molar-refractivity contribution in [2.24, 2.45) is 5.92 Å². The molecule has 0 atom stereocenters. The summed E-state index contributed by atoms with van der Waals surface area (Å²) < 4.78 is 5.04. The first-order valence-corrected chi connectivity index (χ1v) is 10.9. The van der Waals surface area contributed by atoms with Gasteiger partial charge in [0, 0.05) is 51.0 Å². The number of hydrogen-bond acceptors (Lipinski definition) is 7. The molecule has 0 amide bonds. The summed E-state index contributed by atoms with van der Waals surface area (Å²) in [6.45, 7) is 11.5. The van der Waals surface area contributed by atoms with Crippen LogP contribution in [-0.4, -0.2) is 85.5 Å². The molecule has 0 radical (unpaired) electrons. The Bertz CT molecular complexity index is 663. The smallest absolute Gasteiger partial charge is 0.320 e. The molecule has 0 unspecified atom stereocenters. The molecule has 0 saturated carbocycles. The molecule has 2 fully saturated rings. The van der Waals surface area contributed by atoms with Crippen LogP contribution in [0.5, 0.6) is 0 Å². The minimum Gasteiger partial charge on any atom is -0.465 e. The van der Waals surface area contributed by atoms with Crippen molar-refractivity contribution in [3.05, 3.63) is 23.9 Å². The molecule has 0 N–H and O–H groups in total. The van der Waals surface area contributed by atoms with Gasteiger partial charge in [0.05, 0.1) is 13.2 Å². The monoisotopic (exact) mass is 402 g/mol. The maximum atomic E-state index is 11.6. The number of pyridine rings is 1. The molecule has 29 heavy (non-hydrogen) atoms. The maximum absolute atomic E-state index is 11.6. The molecule has 2 aliphatic rings. The van der Waals surface area contributed by atoms with Gasteiger partial charge < -0.3 is 14.5 Å². The van der Waals surface area contributed by atoms with E-state index in [0.29, 0.717) is 18.7 Å². The molecule has 2 aliphatic heterocycles. The Labute approximate surface area is 174 Å². The number of piperazine rings is 1. The molecule has 0 aliphatic carbocycles. The van der Waals surface area contributed by atoms with Crippen molar-refractivity contribution in [1.82, 2.24) is 14.8 Å². The minimum atomic E-state index is -0.113. The van der Waals surface area contributed by atoms with Gasteiger partial charge in [0.1, 0.15) is 5.82 Å². The van der Waals surface area contributed by atoms with Crippen molar-refractivity contribution in [1.29, 1.82) is 0 Å². The Kier molecular flexibility index (Phi) is 8.00. The lowest BCUT2D eigenvalue weighted by atomic mass is 9.93. The van der Waals surface area contributed by atoms with E-state index in [9.17, 15) is 9.59 Å². The highest BCUT2D eigenvalue weighted by molar-refractivity contribution is 5.93. The minimum absolute atomic E-state index is 0.0597. The van der Waals surface area contributed by atoms with Gasteiger partial charge in [-0.15, -0.1) is 0 Å². The van der Waals surface area contributed by atoms with Gasteiger partial charge >= 0.3 is 5.97 Å². The predicted octanol–water partition coefficient (Wildman–Crippen LogP) is 2.07. The first kappa shape index (κ1) is 21.7. The van der Waals surface area contributed by atoms with Gasteiger partial charge in [-0.05, 0) is 57.7 Å². The number of anilines is 1. The summed E-state index contributed by atoms with van der Waals surface area (Å²) in [6.07, 6.45) is 5.31. The summed E-state index contributed by atoms with van der Waals surface area (Å²) in [5, 5.41) is 0. The van der Waals surface area contributed by atoms with Gasteiger partial charge in [0.15, 0.2) is 5.78 Å². The summed E-state index contributed by atoms with van der Waals surface area (Å²) in [7, 11) is 0. The lowest BCUT2D eigenvalue weighted by molar-refractivity contribution is -0.144. The molecule has 160 valence electrons. The van der Waals surface area contributed by atoms with Crippen molar-refractivity contribution in [2.45, 2.75) is 33.1 Å². The molecule has 3 rings (SSSR count). The van der Waals surface area contributed by atoms with Gasteiger partial charge in [-0.1, -0.05) is 0 Å². The van der Waals surface area contributed by atoms with Gasteiger partial charge in [0.2, 0.25) is 0 Å². The normalized spacial score (nSPS) is 19.3. The van der Waals surface area contributed by atoms with Gasteiger partial charge in [-0.2, -0.15) is 0 Å². The van der Waals surface area contributed by atoms with Crippen molar-refractivity contribution in [3.63, 3.8) is 0 Å². The van der Waals surface area contributed by atoms with Crippen LogP contribution in [0.15, 0.2) is 18.3 Å². The van der Waals surface area contributed by atoms with Crippen molar-refractivity contribution in [3.8, 4) is 0 Å². The Hall–Kier alpha value is -1.99. The number of Topliss-reactive ketones (excluding diaryl/α,β-unsaturated/α-hetero) is 1. The van der Waals surface area contributed by atoms with E-state index in [2.05, 4.69) is 19.7 Å². The van der Waals surface area contributed by atoms with E-state index in [0.717, 1.165) is 57.5 Å². The standard InChI is InChI=1S/C22H34N4O3/c1-3-29-22(28)17-25-14-12-24(13-15-25)9-6-19-7-10-26(11-8-19)21-5-4-20(16-23-21)18(2)27/h4-5,16,19H,3,6-15,17H2,1-2H3. The fourth-order valence-corrected chi connectivity index (χ4v) is 4.16. The third-order valence-corrected chi connectivity index (χ3v) is 6.07. The van der Waals surface area contributed by atoms with Crippen molar-refractivity contribution in [2.75, 3.05) is 63.9 Å². The zero-order valence-electron chi connectivity index (χ0n) is 17.8. The lowest BCUT2D eigenvalue weighted by Gasteiger charge is -2.36. The highest BCUT2D eigenvalue weighted by atomic mass is 16.5. The SMILES string of the molecule is CCOC(=O)CN1CCN(CCC2CCN(c3ccc(C(C)=O)cn3)CC2)CC1. The molecule has 1 aromatic rings. The number of piperidine rings is 1. The molecule has 7 nitrogen and oxygen atoms in total. The fraction of sp³-hybridized carbons (Fsp3) is 0.682. The highest BCUT2D eigenvalue weighted by Gasteiger charge is 2.23. The second kappa shape index (κ2) is 10.7. The Morgan fingerprint density at radius 1 is 1.07 bits per heavy atom. The molecule has 3 heterocycles. The molecule has 7 heteroatoms. The van der Waals surface area contributed by atoms with E-state index in [1.165, 1.54) is 19.3 Å². The van der Waals surface area contributed by atoms with Crippen LogP contribution < -0.4 is 4.90 Å². The maximum Gasteiger partial charge on any atom is 0.320 e. The third-order valence-electron chi connectivity index (χ3n) is 6.07. The molecular formula is C22H34N4O3. The Morgan fingerprint density at radius 2 is 1.76 bits per heavy atom. The van der Waals surface area contributed by atoms with Gasteiger partial charge in [0.25, 0.3) is 0 Å².